The summed E-state index contributed by atoms with van der Waals surface area (Å²) in [6.45, 7) is 0. The maximum absolute atomic E-state index is 12.7. The Morgan fingerprint density at radius 2 is 2.31 bits per heavy atom. The van der Waals surface area contributed by atoms with E-state index in [4.69, 9.17) is 10.4 Å². The maximum atomic E-state index is 12.7. The number of methoxy groups -OCH3 is 1. The highest BCUT2D eigenvalue weighted by molar-refractivity contribution is 5.89. The van der Waals surface area contributed by atoms with Crippen molar-refractivity contribution in [2.24, 2.45) is 0 Å². The van der Waals surface area contributed by atoms with Gasteiger partial charge in [0.15, 0.2) is 5.69 Å². The third-order valence-corrected chi connectivity index (χ3v) is 1.84. The smallest absolute Gasteiger partial charge is 0.355 e. The fraction of sp³-hybridized carbons (Fsp3) is 0.222. The fourth-order valence-corrected chi connectivity index (χ4v) is 1.16. The lowest BCUT2D eigenvalue weighted by molar-refractivity contribution is 0.0689. The second-order valence-electron chi connectivity index (χ2n) is 2.68. The largest absolute Gasteiger partial charge is 0.495 e. The van der Waals surface area contributed by atoms with Gasteiger partial charge in [-0.2, -0.15) is 5.26 Å². The Hall–Kier alpha value is -2.23. The predicted octanol–water partition coefficient (Wildman–Crippen LogP) is 1.60. The Bertz CT molecular complexity index is 469. The standard InChI is InChI=1S/C9H6F2N2O3/c1-16-5-3-13-7(9(14)15)4(2-12)6(5)8(10)11/h3,8H,1H3,(H,14,15). The molecule has 1 aromatic rings. The highest BCUT2D eigenvalue weighted by Crippen LogP contribution is 2.32. The zero-order chi connectivity index (χ0) is 12.3. The molecular formula is C9H6F2N2O3. The molecule has 0 aliphatic heterocycles. The number of carboxylic acids is 1. The van der Waals surface area contributed by atoms with Gasteiger partial charge in [0, 0.05) is 0 Å². The zero-order valence-electron chi connectivity index (χ0n) is 8.07. The molecule has 16 heavy (non-hydrogen) atoms. The Morgan fingerprint density at radius 3 is 2.69 bits per heavy atom. The molecule has 0 aliphatic rings. The van der Waals surface area contributed by atoms with Gasteiger partial charge in [0.25, 0.3) is 6.43 Å². The average Bonchev–Trinajstić information content (AvgIpc) is 2.26. The van der Waals surface area contributed by atoms with Crippen LogP contribution in [0.5, 0.6) is 5.75 Å². The van der Waals surface area contributed by atoms with Crippen LogP contribution in [0.2, 0.25) is 0 Å². The van der Waals surface area contributed by atoms with E-state index < -0.39 is 29.2 Å². The zero-order valence-corrected chi connectivity index (χ0v) is 8.07. The molecular weight excluding hydrogens is 222 g/mol. The van der Waals surface area contributed by atoms with E-state index in [2.05, 4.69) is 9.72 Å². The van der Waals surface area contributed by atoms with E-state index in [9.17, 15) is 13.6 Å². The number of aromatic nitrogens is 1. The van der Waals surface area contributed by atoms with Crippen molar-refractivity contribution < 1.29 is 23.4 Å². The fourth-order valence-electron chi connectivity index (χ4n) is 1.16. The van der Waals surface area contributed by atoms with Gasteiger partial charge < -0.3 is 9.84 Å². The van der Waals surface area contributed by atoms with Crippen molar-refractivity contribution in [3.63, 3.8) is 0 Å². The van der Waals surface area contributed by atoms with Crippen LogP contribution in [0.1, 0.15) is 28.0 Å². The summed E-state index contributed by atoms with van der Waals surface area (Å²) < 4.78 is 29.9. The minimum Gasteiger partial charge on any atom is -0.495 e. The van der Waals surface area contributed by atoms with Crippen molar-refractivity contribution in [1.29, 1.82) is 5.26 Å². The normalized spacial score (nSPS) is 9.94. The summed E-state index contributed by atoms with van der Waals surface area (Å²) in [6.07, 6.45) is -2.16. The van der Waals surface area contributed by atoms with Crippen molar-refractivity contribution in [3.05, 3.63) is 23.0 Å². The first-order valence-electron chi connectivity index (χ1n) is 4.01. The highest BCUT2D eigenvalue weighted by Gasteiger charge is 2.25. The van der Waals surface area contributed by atoms with E-state index in [1.54, 1.807) is 0 Å². The van der Waals surface area contributed by atoms with Crippen molar-refractivity contribution in [1.82, 2.24) is 4.98 Å². The van der Waals surface area contributed by atoms with Crippen LogP contribution in [0.4, 0.5) is 8.78 Å². The molecule has 0 atom stereocenters. The Balaban J connectivity index is 3.58. The van der Waals surface area contributed by atoms with E-state index in [1.165, 1.54) is 6.07 Å². The summed E-state index contributed by atoms with van der Waals surface area (Å²) in [5, 5.41) is 17.3. The molecule has 7 heteroatoms. The number of carboxylic acid groups (broad SMARTS) is 1. The number of pyridine rings is 1. The maximum Gasteiger partial charge on any atom is 0.355 e. The predicted molar refractivity (Wildman–Crippen MR) is 47.4 cm³/mol. The molecule has 0 saturated heterocycles. The van der Waals surface area contributed by atoms with Gasteiger partial charge in [0.2, 0.25) is 0 Å². The van der Waals surface area contributed by atoms with Gasteiger partial charge in [-0.1, -0.05) is 0 Å². The third-order valence-electron chi connectivity index (χ3n) is 1.84. The Kier molecular flexibility index (Phi) is 3.35. The molecule has 0 fully saturated rings. The summed E-state index contributed by atoms with van der Waals surface area (Å²) in [5.41, 5.74) is -2.14. The van der Waals surface area contributed by atoms with Gasteiger partial charge in [-0.25, -0.2) is 18.6 Å². The minimum atomic E-state index is -3.01. The van der Waals surface area contributed by atoms with E-state index in [-0.39, 0.29) is 5.75 Å². The van der Waals surface area contributed by atoms with Gasteiger partial charge in [-0.3, -0.25) is 0 Å². The van der Waals surface area contributed by atoms with Crippen LogP contribution in [0.15, 0.2) is 6.20 Å². The van der Waals surface area contributed by atoms with Gasteiger partial charge in [-0.05, 0) is 0 Å². The number of halogens is 2. The van der Waals surface area contributed by atoms with Crippen LogP contribution < -0.4 is 4.74 Å². The van der Waals surface area contributed by atoms with Crippen LogP contribution in [-0.2, 0) is 0 Å². The van der Waals surface area contributed by atoms with E-state index in [0.29, 0.717) is 0 Å². The Labute approximate surface area is 88.9 Å². The van der Waals surface area contributed by atoms with Crippen molar-refractivity contribution in [2.75, 3.05) is 7.11 Å². The molecule has 0 saturated carbocycles. The van der Waals surface area contributed by atoms with Gasteiger partial charge in [-0.15, -0.1) is 0 Å². The summed E-state index contributed by atoms with van der Waals surface area (Å²) in [5.74, 6) is -1.85. The van der Waals surface area contributed by atoms with Crippen molar-refractivity contribution in [3.8, 4) is 11.8 Å². The van der Waals surface area contributed by atoms with Crippen LogP contribution in [-0.4, -0.2) is 23.2 Å². The van der Waals surface area contributed by atoms with Crippen molar-refractivity contribution >= 4 is 5.97 Å². The molecule has 84 valence electrons. The molecule has 1 aromatic heterocycles. The monoisotopic (exact) mass is 228 g/mol. The van der Waals surface area contributed by atoms with Gasteiger partial charge in [0.1, 0.15) is 11.8 Å². The van der Waals surface area contributed by atoms with Crippen molar-refractivity contribution in [2.45, 2.75) is 6.43 Å². The first-order chi connectivity index (χ1) is 7.52. The lowest BCUT2D eigenvalue weighted by Crippen LogP contribution is -2.08. The number of nitrogens with zero attached hydrogens (tertiary/aromatic N) is 2. The molecule has 0 bridgehead atoms. The summed E-state index contributed by atoms with van der Waals surface area (Å²) in [7, 11) is 1.13. The van der Waals surface area contributed by atoms with E-state index in [1.807, 2.05) is 0 Å². The second-order valence-corrected chi connectivity index (χ2v) is 2.68. The molecule has 0 spiro atoms. The Morgan fingerprint density at radius 1 is 1.69 bits per heavy atom. The number of carbonyl (C=O) groups is 1. The number of nitriles is 1. The summed E-state index contributed by atoms with van der Waals surface area (Å²) >= 11 is 0. The minimum absolute atomic E-state index is 0.309. The SMILES string of the molecule is COc1cnc(C(=O)O)c(C#N)c1C(F)F. The first kappa shape index (κ1) is 11.8. The molecule has 0 aromatic carbocycles. The molecule has 1 rings (SSSR count). The number of hydrogen-bond donors (Lipinski definition) is 1. The molecule has 1 N–H and O–H groups in total. The summed E-state index contributed by atoms with van der Waals surface area (Å²) in [6, 6.07) is 1.40. The molecule has 0 amide bonds. The molecule has 0 aliphatic carbocycles. The number of aromatic carboxylic acids is 1. The number of ether oxygens (including phenoxy) is 1. The average molecular weight is 228 g/mol. The lowest BCUT2D eigenvalue weighted by Gasteiger charge is -2.10. The van der Waals surface area contributed by atoms with E-state index >= 15 is 0 Å². The quantitative estimate of drug-likeness (QED) is 0.849. The highest BCUT2D eigenvalue weighted by atomic mass is 19.3. The van der Waals surface area contributed by atoms with Crippen LogP contribution in [0.25, 0.3) is 0 Å². The lowest BCUT2D eigenvalue weighted by atomic mass is 10.1. The number of hydrogen-bond acceptors (Lipinski definition) is 4. The van der Waals surface area contributed by atoms with Crippen LogP contribution >= 0.6 is 0 Å². The molecule has 0 radical (unpaired) electrons. The molecule has 1 heterocycles. The second kappa shape index (κ2) is 4.53. The van der Waals surface area contributed by atoms with Gasteiger partial charge in [0.05, 0.1) is 24.4 Å². The summed E-state index contributed by atoms with van der Waals surface area (Å²) in [4.78, 5) is 14.0. The number of rotatable bonds is 3. The van der Waals surface area contributed by atoms with Crippen LogP contribution in [0, 0.1) is 11.3 Å². The topological polar surface area (TPSA) is 83.2 Å². The third kappa shape index (κ3) is 1.91. The molecule has 5 nitrogen and oxygen atoms in total. The van der Waals surface area contributed by atoms with E-state index in [0.717, 1.165) is 13.3 Å². The molecule has 0 unspecified atom stereocenters. The first-order valence-corrected chi connectivity index (χ1v) is 4.01. The van der Waals surface area contributed by atoms with Crippen LogP contribution in [0.3, 0.4) is 0 Å². The number of alkyl halides is 2. The van der Waals surface area contributed by atoms with Gasteiger partial charge >= 0.3 is 5.97 Å².